The van der Waals surface area contributed by atoms with E-state index >= 15 is 0 Å². The van der Waals surface area contributed by atoms with Crippen LogP contribution < -0.4 is 10.2 Å². The molecule has 0 saturated carbocycles. The molecule has 22 heavy (non-hydrogen) atoms. The molecular formula is C15H20N2O4S. The van der Waals surface area contributed by atoms with E-state index in [1.165, 1.54) is 0 Å². The van der Waals surface area contributed by atoms with E-state index in [1.807, 2.05) is 23.1 Å². The molecule has 120 valence electrons. The molecule has 0 radical (unpaired) electrons. The van der Waals surface area contributed by atoms with Crippen LogP contribution in [0.2, 0.25) is 0 Å². The van der Waals surface area contributed by atoms with Gasteiger partial charge >= 0.3 is 0 Å². The number of nitrogens with zero attached hydrogens (tertiary/aromatic N) is 1. The Morgan fingerprint density at radius 3 is 2.64 bits per heavy atom. The van der Waals surface area contributed by atoms with Crippen molar-refractivity contribution in [1.82, 2.24) is 5.32 Å². The number of nitrogens with one attached hydrogen (secondary N) is 1. The summed E-state index contributed by atoms with van der Waals surface area (Å²) < 4.78 is 28.4. The van der Waals surface area contributed by atoms with Gasteiger partial charge in [-0.25, -0.2) is 8.42 Å². The molecule has 0 aromatic heterocycles. The maximum Gasteiger partial charge on any atom is 0.253 e. The number of anilines is 1. The Hall–Kier alpha value is -1.60. The number of hydrogen-bond donors (Lipinski definition) is 1. The van der Waals surface area contributed by atoms with Gasteiger partial charge in [0.1, 0.15) is 0 Å². The predicted molar refractivity (Wildman–Crippen MR) is 84.0 cm³/mol. The van der Waals surface area contributed by atoms with Gasteiger partial charge in [0.15, 0.2) is 9.84 Å². The summed E-state index contributed by atoms with van der Waals surface area (Å²) in [6.45, 7) is 2.09. The zero-order valence-corrected chi connectivity index (χ0v) is 13.1. The molecule has 1 N–H and O–H groups in total. The van der Waals surface area contributed by atoms with Crippen molar-refractivity contribution in [2.75, 3.05) is 42.7 Å². The molecule has 7 heteroatoms. The van der Waals surface area contributed by atoms with Crippen molar-refractivity contribution in [3.05, 3.63) is 29.8 Å². The lowest BCUT2D eigenvalue weighted by atomic mass is 10.1. The van der Waals surface area contributed by atoms with Crippen molar-refractivity contribution in [3.8, 4) is 0 Å². The molecule has 1 atom stereocenters. The molecule has 1 aromatic carbocycles. The Balaban J connectivity index is 1.76. The van der Waals surface area contributed by atoms with Crippen molar-refractivity contribution in [1.29, 1.82) is 0 Å². The molecule has 0 bridgehead atoms. The normalized spacial score (nSPS) is 24.2. The molecule has 1 unspecified atom stereocenters. The maximum atomic E-state index is 12.5. The van der Waals surface area contributed by atoms with E-state index in [0.717, 1.165) is 12.1 Å². The number of rotatable bonds is 3. The summed E-state index contributed by atoms with van der Waals surface area (Å²) in [5.41, 5.74) is 1.39. The highest BCUT2D eigenvalue weighted by Crippen LogP contribution is 2.22. The van der Waals surface area contributed by atoms with Gasteiger partial charge in [-0.15, -0.1) is 0 Å². The number of carbonyl (C=O) groups is 1. The van der Waals surface area contributed by atoms with Crippen molar-refractivity contribution in [2.45, 2.75) is 12.5 Å². The Labute approximate surface area is 130 Å². The average Bonchev–Trinajstić information content (AvgIpc) is 3.00. The van der Waals surface area contributed by atoms with Crippen LogP contribution in [-0.4, -0.2) is 58.2 Å². The number of benzene rings is 1. The fourth-order valence-electron chi connectivity index (χ4n) is 2.81. The molecule has 2 saturated heterocycles. The first kappa shape index (κ1) is 15.3. The third-order valence-electron chi connectivity index (χ3n) is 4.10. The highest BCUT2D eigenvalue weighted by Gasteiger charge is 2.26. The minimum absolute atomic E-state index is 0.0577. The van der Waals surface area contributed by atoms with E-state index in [9.17, 15) is 13.2 Å². The van der Waals surface area contributed by atoms with Gasteiger partial charge in [0.05, 0.1) is 29.7 Å². The van der Waals surface area contributed by atoms with Crippen LogP contribution in [0.25, 0.3) is 0 Å². The van der Waals surface area contributed by atoms with Gasteiger partial charge in [-0.05, 0) is 18.6 Å². The highest BCUT2D eigenvalue weighted by molar-refractivity contribution is 7.91. The lowest BCUT2D eigenvalue weighted by Gasteiger charge is -2.30. The molecule has 3 rings (SSSR count). The number of para-hydroxylation sites is 1. The van der Waals surface area contributed by atoms with Crippen LogP contribution in [0.5, 0.6) is 0 Å². The van der Waals surface area contributed by atoms with Gasteiger partial charge < -0.3 is 15.0 Å². The van der Waals surface area contributed by atoms with Crippen LogP contribution >= 0.6 is 0 Å². The third kappa shape index (κ3) is 3.41. The first-order valence-corrected chi connectivity index (χ1v) is 9.30. The Kier molecular flexibility index (Phi) is 4.35. The highest BCUT2D eigenvalue weighted by atomic mass is 32.2. The number of sulfone groups is 1. The van der Waals surface area contributed by atoms with Crippen molar-refractivity contribution in [2.24, 2.45) is 0 Å². The lowest BCUT2D eigenvalue weighted by molar-refractivity contribution is 0.0930. The fraction of sp³-hybridized carbons (Fsp3) is 0.533. The minimum Gasteiger partial charge on any atom is -0.379 e. The van der Waals surface area contributed by atoms with E-state index < -0.39 is 9.84 Å². The lowest BCUT2D eigenvalue weighted by Crippen LogP contribution is -2.42. The topological polar surface area (TPSA) is 75.7 Å². The number of ether oxygens (including phenoxy) is 1. The molecular weight excluding hydrogens is 304 g/mol. The second-order valence-corrected chi connectivity index (χ2v) is 7.99. The third-order valence-corrected chi connectivity index (χ3v) is 5.71. The van der Waals surface area contributed by atoms with Crippen LogP contribution in [0.4, 0.5) is 5.69 Å². The summed E-state index contributed by atoms with van der Waals surface area (Å²) in [6, 6.07) is 7.40. The number of hydrogen-bond acceptors (Lipinski definition) is 5. The molecule has 2 aliphatic heterocycles. The van der Waals surface area contributed by atoms with E-state index in [-0.39, 0.29) is 23.5 Å². The molecule has 6 nitrogen and oxygen atoms in total. The van der Waals surface area contributed by atoms with Gasteiger partial charge in [0.2, 0.25) is 0 Å². The standard InChI is InChI=1S/C15H20N2O4S/c18-15(16-12-5-8-21-11-12)13-3-1-2-4-14(13)17-6-9-22(19,20)10-7-17/h1-4,12H,5-11H2,(H,16,18). The summed E-state index contributed by atoms with van der Waals surface area (Å²) >= 11 is 0. The van der Waals surface area contributed by atoms with Crippen LogP contribution in [0.15, 0.2) is 24.3 Å². The fourth-order valence-corrected chi connectivity index (χ4v) is 4.01. The Morgan fingerprint density at radius 2 is 1.95 bits per heavy atom. The van der Waals surface area contributed by atoms with Crippen LogP contribution in [0, 0.1) is 0 Å². The molecule has 1 aromatic rings. The summed E-state index contributed by atoms with van der Waals surface area (Å²) in [6.07, 6.45) is 0.829. The minimum atomic E-state index is -2.93. The smallest absolute Gasteiger partial charge is 0.253 e. The van der Waals surface area contributed by atoms with Crippen LogP contribution in [0.1, 0.15) is 16.8 Å². The van der Waals surface area contributed by atoms with E-state index in [0.29, 0.717) is 31.9 Å². The zero-order valence-electron chi connectivity index (χ0n) is 12.3. The first-order valence-electron chi connectivity index (χ1n) is 7.48. The maximum absolute atomic E-state index is 12.5. The monoisotopic (exact) mass is 324 g/mol. The van der Waals surface area contributed by atoms with Crippen molar-refractivity contribution < 1.29 is 17.9 Å². The molecule has 0 aliphatic carbocycles. The SMILES string of the molecule is O=C(NC1CCOC1)c1ccccc1N1CCS(=O)(=O)CC1. The van der Waals surface area contributed by atoms with Gasteiger partial charge in [0.25, 0.3) is 5.91 Å². The molecule has 2 fully saturated rings. The summed E-state index contributed by atoms with van der Waals surface area (Å²) in [7, 11) is -2.93. The summed E-state index contributed by atoms with van der Waals surface area (Å²) in [5.74, 6) is 0.151. The molecule has 1 amide bonds. The van der Waals surface area contributed by atoms with E-state index in [2.05, 4.69) is 5.32 Å². The molecule has 2 aliphatic rings. The number of carbonyl (C=O) groups excluding carboxylic acids is 1. The summed E-state index contributed by atoms with van der Waals surface area (Å²) in [4.78, 5) is 14.5. The Bertz CT molecular complexity index is 639. The van der Waals surface area contributed by atoms with Gasteiger partial charge in [-0.1, -0.05) is 12.1 Å². The van der Waals surface area contributed by atoms with Gasteiger partial charge in [-0.3, -0.25) is 4.79 Å². The van der Waals surface area contributed by atoms with E-state index in [1.54, 1.807) is 6.07 Å². The number of amides is 1. The van der Waals surface area contributed by atoms with Crippen LogP contribution in [0.3, 0.4) is 0 Å². The molecule has 2 heterocycles. The van der Waals surface area contributed by atoms with Gasteiger partial charge in [-0.2, -0.15) is 0 Å². The van der Waals surface area contributed by atoms with Crippen LogP contribution in [-0.2, 0) is 14.6 Å². The molecule has 0 spiro atoms. The zero-order chi connectivity index (χ0) is 15.6. The first-order chi connectivity index (χ1) is 10.6. The largest absolute Gasteiger partial charge is 0.379 e. The average molecular weight is 324 g/mol. The quantitative estimate of drug-likeness (QED) is 0.873. The predicted octanol–water partition coefficient (Wildman–Crippen LogP) is 0.440. The second kappa shape index (κ2) is 6.26. The van der Waals surface area contributed by atoms with Gasteiger partial charge in [0, 0.05) is 25.4 Å². The summed E-state index contributed by atoms with van der Waals surface area (Å²) in [5, 5.41) is 2.98. The van der Waals surface area contributed by atoms with E-state index in [4.69, 9.17) is 4.74 Å². The van der Waals surface area contributed by atoms with Crippen molar-refractivity contribution >= 4 is 21.4 Å². The van der Waals surface area contributed by atoms with Crippen molar-refractivity contribution in [3.63, 3.8) is 0 Å². The Morgan fingerprint density at radius 1 is 1.23 bits per heavy atom. The second-order valence-electron chi connectivity index (χ2n) is 5.69.